The average Bonchev–Trinajstić information content (AvgIpc) is 2.96. The topological polar surface area (TPSA) is 117 Å². The number of hydrogen-bond acceptors (Lipinski definition) is 8. The fourth-order valence-electron chi connectivity index (χ4n) is 4.39. The lowest BCUT2D eigenvalue weighted by Crippen LogP contribution is -2.39. The van der Waals surface area contributed by atoms with Crippen LogP contribution in [0.25, 0.3) is 0 Å². The Bertz CT molecular complexity index is 964. The summed E-state index contributed by atoms with van der Waals surface area (Å²) in [4.78, 5) is 11.2. The molecule has 1 unspecified atom stereocenters. The van der Waals surface area contributed by atoms with Crippen molar-refractivity contribution in [1.82, 2.24) is 20.0 Å². The highest BCUT2D eigenvalue weighted by Crippen LogP contribution is 2.31. The molecular formula is C21H29ClN7O2S-. The third kappa shape index (κ3) is 5.87. The molecule has 1 saturated carbocycles. The molecule has 0 spiro atoms. The summed E-state index contributed by atoms with van der Waals surface area (Å²) in [6, 6.07) is 6.34. The van der Waals surface area contributed by atoms with Crippen LogP contribution in [0.1, 0.15) is 31.2 Å². The van der Waals surface area contributed by atoms with Crippen LogP contribution in [0, 0.1) is 5.92 Å². The molecule has 3 atom stereocenters. The smallest absolute Gasteiger partial charge is 0.229 e. The first-order valence-corrected chi connectivity index (χ1v) is 12.4. The van der Waals surface area contributed by atoms with E-state index in [1.165, 1.54) is 11.3 Å². The lowest BCUT2D eigenvalue weighted by Gasteiger charge is -2.33. The van der Waals surface area contributed by atoms with E-state index in [0.717, 1.165) is 51.0 Å². The molecule has 2 aromatic rings. The summed E-state index contributed by atoms with van der Waals surface area (Å²) >= 11 is 4.12. The minimum Gasteiger partial charge on any atom is -0.760 e. The van der Waals surface area contributed by atoms with E-state index in [-0.39, 0.29) is 12.0 Å². The summed E-state index contributed by atoms with van der Waals surface area (Å²) in [5.74, 6) is 1.19. The van der Waals surface area contributed by atoms with Crippen LogP contribution in [0.3, 0.4) is 0 Å². The van der Waals surface area contributed by atoms with Crippen molar-refractivity contribution in [2.45, 2.75) is 38.3 Å². The van der Waals surface area contributed by atoms with E-state index in [2.05, 4.69) is 54.7 Å². The number of rotatable bonds is 7. The van der Waals surface area contributed by atoms with Crippen molar-refractivity contribution in [3.63, 3.8) is 0 Å². The molecule has 1 aliphatic heterocycles. The summed E-state index contributed by atoms with van der Waals surface area (Å²) in [5, 5.41) is 10.6. The van der Waals surface area contributed by atoms with Crippen molar-refractivity contribution in [2.24, 2.45) is 5.92 Å². The number of anilines is 4. The van der Waals surface area contributed by atoms with Gasteiger partial charge >= 0.3 is 0 Å². The Balaban J connectivity index is 1.48. The largest absolute Gasteiger partial charge is 0.760 e. The number of nitrogens with zero attached hydrogens (tertiary/aromatic N) is 3. The first kappa shape index (κ1) is 23.2. The fraction of sp³-hybridized carbons (Fsp3) is 0.524. The van der Waals surface area contributed by atoms with Gasteiger partial charge in [0.1, 0.15) is 5.02 Å². The number of hydrogen-bond donors (Lipinski definition) is 4. The number of likely N-dealkylation sites (N-methyl/N-ethyl adjacent to an activating group) is 1. The zero-order valence-electron chi connectivity index (χ0n) is 18.1. The minimum atomic E-state index is -2.26. The van der Waals surface area contributed by atoms with E-state index in [0.29, 0.717) is 23.3 Å². The van der Waals surface area contributed by atoms with E-state index in [1.54, 1.807) is 6.20 Å². The molecule has 174 valence electrons. The first-order chi connectivity index (χ1) is 15.5. The van der Waals surface area contributed by atoms with Crippen LogP contribution >= 0.6 is 11.6 Å². The third-order valence-electron chi connectivity index (χ3n) is 6.13. The molecule has 4 N–H and O–H groups in total. The van der Waals surface area contributed by atoms with E-state index in [4.69, 9.17) is 11.6 Å². The van der Waals surface area contributed by atoms with Gasteiger partial charge in [0.15, 0.2) is 5.82 Å². The maximum absolute atomic E-state index is 10.9. The quantitative estimate of drug-likeness (QED) is 0.449. The molecule has 11 heteroatoms. The molecule has 0 saturated heterocycles. The summed E-state index contributed by atoms with van der Waals surface area (Å²) in [6.07, 6.45) is 5.64. The number of halogens is 1. The van der Waals surface area contributed by atoms with Crippen LogP contribution in [0.5, 0.6) is 0 Å². The van der Waals surface area contributed by atoms with E-state index in [9.17, 15) is 8.76 Å². The molecule has 32 heavy (non-hydrogen) atoms. The first-order valence-electron chi connectivity index (χ1n) is 10.9. The zero-order chi connectivity index (χ0) is 22.5. The number of benzene rings is 1. The van der Waals surface area contributed by atoms with E-state index < -0.39 is 11.3 Å². The van der Waals surface area contributed by atoms with Crippen LogP contribution in [0.4, 0.5) is 23.1 Å². The van der Waals surface area contributed by atoms with Gasteiger partial charge in [-0.1, -0.05) is 30.5 Å². The van der Waals surface area contributed by atoms with Gasteiger partial charge in [-0.3, -0.25) is 4.21 Å². The van der Waals surface area contributed by atoms with Crippen LogP contribution in [0.2, 0.25) is 5.02 Å². The molecule has 4 rings (SSSR count). The maximum Gasteiger partial charge on any atom is 0.229 e. The standard InChI is InChI=1S/C21H30ClN7O2S/c1-29-9-8-23-11-15-6-7-16(10-19(15)29)26-21-24-13-17(22)20(28-21)27-18-5-3-2-4-14(18)12-25-32(30)31/h6-7,10,13-14,18,23,25H,2-5,8-9,11-12H2,1H3,(H,30,31)(H2,24,26,27,28)/p-1/t14-,18-/m1/s1. The van der Waals surface area contributed by atoms with Crippen molar-refractivity contribution < 1.29 is 8.76 Å². The van der Waals surface area contributed by atoms with Crippen molar-refractivity contribution in [1.29, 1.82) is 0 Å². The van der Waals surface area contributed by atoms with Crippen molar-refractivity contribution in [3.8, 4) is 0 Å². The van der Waals surface area contributed by atoms with Crippen molar-refractivity contribution in [2.75, 3.05) is 42.2 Å². The molecule has 1 aromatic heterocycles. The molecule has 1 aromatic carbocycles. The van der Waals surface area contributed by atoms with Crippen LogP contribution in [-0.2, 0) is 17.8 Å². The maximum atomic E-state index is 10.9. The van der Waals surface area contributed by atoms with Gasteiger partial charge < -0.3 is 25.4 Å². The third-order valence-corrected chi connectivity index (χ3v) is 6.81. The normalized spacial score (nSPS) is 22.0. The molecule has 2 heterocycles. The second kappa shape index (κ2) is 10.8. The monoisotopic (exact) mass is 478 g/mol. The van der Waals surface area contributed by atoms with Gasteiger partial charge in [-0.15, -0.1) is 0 Å². The highest BCUT2D eigenvalue weighted by Gasteiger charge is 2.26. The molecule has 0 radical (unpaired) electrons. The Morgan fingerprint density at radius 2 is 2.19 bits per heavy atom. The molecule has 0 amide bonds. The summed E-state index contributed by atoms with van der Waals surface area (Å²) in [5.41, 5.74) is 3.34. The van der Waals surface area contributed by atoms with Gasteiger partial charge in [-0.25, -0.2) is 9.71 Å². The van der Waals surface area contributed by atoms with Crippen LogP contribution in [0.15, 0.2) is 24.4 Å². The van der Waals surface area contributed by atoms with Gasteiger partial charge in [0, 0.05) is 61.9 Å². The second-order valence-electron chi connectivity index (χ2n) is 8.34. The van der Waals surface area contributed by atoms with Crippen molar-refractivity contribution >= 4 is 46.0 Å². The van der Waals surface area contributed by atoms with Crippen LogP contribution < -0.4 is 25.6 Å². The van der Waals surface area contributed by atoms with Gasteiger partial charge in [0.25, 0.3) is 0 Å². The molecule has 1 aliphatic carbocycles. The van der Waals surface area contributed by atoms with Crippen molar-refractivity contribution in [3.05, 3.63) is 35.0 Å². The number of fused-ring (bicyclic) bond motifs is 1. The molecule has 0 bridgehead atoms. The highest BCUT2D eigenvalue weighted by atomic mass is 35.5. The fourth-order valence-corrected chi connectivity index (χ4v) is 4.88. The average molecular weight is 479 g/mol. The lowest BCUT2D eigenvalue weighted by molar-refractivity contribution is 0.323. The number of aromatic nitrogens is 2. The predicted octanol–water partition coefficient (Wildman–Crippen LogP) is 2.77. The summed E-state index contributed by atoms with van der Waals surface area (Å²) in [7, 11) is 2.09. The molecule has 1 fully saturated rings. The molecule has 9 nitrogen and oxygen atoms in total. The SMILES string of the molecule is CN1CCNCc2ccc(Nc3ncc(Cl)c(N[C@@H]4CCCC[C@@H]4CNS(=O)[O-])n3)cc21. The van der Waals surface area contributed by atoms with Crippen LogP contribution in [-0.4, -0.2) is 51.5 Å². The molecular weight excluding hydrogens is 450 g/mol. The van der Waals surface area contributed by atoms with Gasteiger partial charge in [0.2, 0.25) is 5.95 Å². The van der Waals surface area contributed by atoms with E-state index in [1.807, 2.05) is 6.07 Å². The zero-order valence-corrected chi connectivity index (χ0v) is 19.6. The Kier molecular flexibility index (Phi) is 7.80. The summed E-state index contributed by atoms with van der Waals surface area (Å²) in [6.45, 7) is 3.15. The number of nitrogens with one attached hydrogen (secondary N) is 4. The predicted molar refractivity (Wildman–Crippen MR) is 128 cm³/mol. The summed E-state index contributed by atoms with van der Waals surface area (Å²) < 4.78 is 24.4. The van der Waals surface area contributed by atoms with Gasteiger partial charge in [0.05, 0.1) is 6.20 Å². The Morgan fingerprint density at radius 1 is 1.34 bits per heavy atom. The Labute approximate surface area is 196 Å². The van der Waals surface area contributed by atoms with Gasteiger partial charge in [-0.05, 0) is 36.5 Å². The van der Waals surface area contributed by atoms with E-state index >= 15 is 0 Å². The lowest BCUT2D eigenvalue weighted by atomic mass is 9.84. The molecule has 2 aliphatic rings. The second-order valence-corrected chi connectivity index (χ2v) is 9.50. The highest BCUT2D eigenvalue weighted by molar-refractivity contribution is 7.77. The Hall–Kier alpha value is -1.98. The minimum absolute atomic E-state index is 0.0914. The van der Waals surface area contributed by atoms with Gasteiger partial charge in [-0.2, -0.15) is 4.98 Å². The Morgan fingerprint density at radius 3 is 3.03 bits per heavy atom.